The van der Waals surface area contributed by atoms with Crippen LogP contribution in [-0.2, 0) is 0 Å². The van der Waals surface area contributed by atoms with Crippen LogP contribution in [0.2, 0.25) is 0 Å². The maximum atomic E-state index is 13.0. The fourth-order valence-corrected chi connectivity index (χ4v) is 1.85. The molecule has 0 saturated heterocycles. The van der Waals surface area contributed by atoms with E-state index in [0.717, 1.165) is 6.07 Å². The van der Waals surface area contributed by atoms with Gasteiger partial charge in [0.1, 0.15) is 6.10 Å². The lowest BCUT2D eigenvalue weighted by Gasteiger charge is -2.18. The fourth-order valence-electron chi connectivity index (χ4n) is 1.38. The Morgan fingerprint density at radius 1 is 1.29 bits per heavy atom. The van der Waals surface area contributed by atoms with Crippen LogP contribution in [-0.4, -0.2) is 21.6 Å². The third kappa shape index (κ3) is 3.22. The number of aliphatic hydroxyl groups is 2. The van der Waals surface area contributed by atoms with Crippen molar-refractivity contribution in [2.24, 2.45) is 0 Å². The van der Waals surface area contributed by atoms with Crippen LogP contribution in [0.4, 0.5) is 8.78 Å². The SMILES string of the molecule is N#Cc1cc(F)c(F)cc1C(O)C(O)CCBr. The van der Waals surface area contributed by atoms with E-state index in [0.29, 0.717) is 11.4 Å². The van der Waals surface area contributed by atoms with Crippen LogP contribution in [0, 0.1) is 23.0 Å². The van der Waals surface area contributed by atoms with Crippen molar-refractivity contribution in [3.05, 3.63) is 34.9 Å². The molecule has 6 heteroatoms. The lowest BCUT2D eigenvalue weighted by molar-refractivity contribution is 0.0170. The number of halogens is 3. The molecule has 0 bridgehead atoms. The Balaban J connectivity index is 3.13. The van der Waals surface area contributed by atoms with Gasteiger partial charge in [0, 0.05) is 10.9 Å². The summed E-state index contributed by atoms with van der Waals surface area (Å²) in [6.07, 6.45) is -2.34. The molecule has 0 aliphatic carbocycles. The van der Waals surface area contributed by atoms with Crippen molar-refractivity contribution in [1.82, 2.24) is 0 Å². The molecule has 1 aromatic carbocycles. The molecule has 1 aromatic rings. The Bertz CT molecular complexity index is 448. The molecule has 3 nitrogen and oxygen atoms in total. The molecule has 0 aromatic heterocycles. The number of benzene rings is 1. The average molecular weight is 306 g/mol. The molecule has 0 heterocycles. The topological polar surface area (TPSA) is 64.2 Å². The summed E-state index contributed by atoms with van der Waals surface area (Å²) in [4.78, 5) is 0. The highest BCUT2D eigenvalue weighted by Gasteiger charge is 2.22. The molecular formula is C11H10BrF2NO2. The maximum absolute atomic E-state index is 13.0. The van der Waals surface area contributed by atoms with Gasteiger partial charge >= 0.3 is 0 Å². The summed E-state index contributed by atoms with van der Waals surface area (Å²) in [5, 5.41) is 28.5. The monoisotopic (exact) mass is 305 g/mol. The summed E-state index contributed by atoms with van der Waals surface area (Å²) < 4.78 is 25.9. The van der Waals surface area contributed by atoms with Crippen LogP contribution in [0.1, 0.15) is 23.7 Å². The Hall–Kier alpha value is -1.03. The van der Waals surface area contributed by atoms with Crippen molar-refractivity contribution >= 4 is 15.9 Å². The van der Waals surface area contributed by atoms with Gasteiger partial charge in [0.25, 0.3) is 0 Å². The minimum atomic E-state index is -1.42. The highest BCUT2D eigenvalue weighted by atomic mass is 79.9. The van der Waals surface area contributed by atoms with E-state index < -0.39 is 23.8 Å². The lowest BCUT2D eigenvalue weighted by atomic mass is 9.97. The normalized spacial score (nSPS) is 14.1. The molecule has 0 spiro atoms. The molecule has 2 unspecified atom stereocenters. The van der Waals surface area contributed by atoms with Gasteiger partial charge < -0.3 is 10.2 Å². The van der Waals surface area contributed by atoms with E-state index in [4.69, 9.17) is 5.26 Å². The van der Waals surface area contributed by atoms with Crippen LogP contribution in [0.25, 0.3) is 0 Å². The zero-order valence-electron chi connectivity index (χ0n) is 8.70. The lowest BCUT2D eigenvalue weighted by Crippen LogP contribution is -2.20. The molecule has 0 radical (unpaired) electrons. The number of rotatable bonds is 4. The minimum absolute atomic E-state index is 0.111. The Morgan fingerprint density at radius 2 is 1.88 bits per heavy atom. The van der Waals surface area contributed by atoms with E-state index in [-0.39, 0.29) is 17.5 Å². The highest BCUT2D eigenvalue weighted by Crippen LogP contribution is 2.25. The number of alkyl halides is 1. The number of hydrogen-bond acceptors (Lipinski definition) is 3. The molecule has 2 atom stereocenters. The summed E-state index contributed by atoms with van der Waals surface area (Å²) in [6.45, 7) is 0. The van der Waals surface area contributed by atoms with Gasteiger partial charge in [-0.15, -0.1) is 0 Å². The van der Waals surface area contributed by atoms with E-state index >= 15 is 0 Å². The van der Waals surface area contributed by atoms with E-state index in [1.165, 1.54) is 0 Å². The van der Waals surface area contributed by atoms with Gasteiger partial charge in [-0.1, -0.05) is 15.9 Å². The quantitative estimate of drug-likeness (QED) is 0.837. The van der Waals surface area contributed by atoms with Crippen molar-refractivity contribution in [1.29, 1.82) is 5.26 Å². The summed E-state index contributed by atoms with van der Waals surface area (Å²) in [6, 6.07) is 3.09. The summed E-state index contributed by atoms with van der Waals surface area (Å²) in [7, 11) is 0. The van der Waals surface area contributed by atoms with Gasteiger partial charge in [-0.25, -0.2) is 8.78 Å². The third-order valence-corrected chi connectivity index (χ3v) is 2.76. The van der Waals surface area contributed by atoms with Gasteiger partial charge in [-0.3, -0.25) is 0 Å². The predicted molar refractivity (Wildman–Crippen MR) is 60.5 cm³/mol. The van der Waals surface area contributed by atoms with Gasteiger partial charge in [0.05, 0.1) is 17.7 Å². The van der Waals surface area contributed by atoms with E-state index in [1.54, 1.807) is 6.07 Å². The number of aliphatic hydroxyl groups excluding tert-OH is 2. The van der Waals surface area contributed by atoms with Crippen molar-refractivity contribution in [3.8, 4) is 6.07 Å². The molecule has 0 aliphatic rings. The van der Waals surface area contributed by atoms with E-state index in [9.17, 15) is 19.0 Å². The number of hydrogen-bond donors (Lipinski definition) is 2. The highest BCUT2D eigenvalue weighted by molar-refractivity contribution is 9.09. The second-order valence-electron chi connectivity index (χ2n) is 3.46. The molecule has 0 saturated carbocycles. The predicted octanol–water partition coefficient (Wildman–Crippen LogP) is 2.02. The smallest absolute Gasteiger partial charge is 0.160 e. The summed E-state index contributed by atoms with van der Waals surface area (Å²) in [5.74, 6) is -2.32. The molecule has 0 aliphatic heterocycles. The van der Waals surface area contributed by atoms with E-state index in [1.807, 2.05) is 0 Å². The largest absolute Gasteiger partial charge is 0.390 e. The Kier molecular flexibility index (Phi) is 5.00. The standard InChI is InChI=1S/C11H10BrF2NO2/c12-2-1-10(16)11(17)7-4-9(14)8(13)3-6(7)5-15/h3-4,10-11,16-17H,1-2H2. The van der Waals surface area contributed by atoms with E-state index in [2.05, 4.69) is 15.9 Å². The fraction of sp³-hybridized carbons (Fsp3) is 0.364. The van der Waals surface area contributed by atoms with Crippen molar-refractivity contribution in [3.63, 3.8) is 0 Å². The zero-order chi connectivity index (χ0) is 13.0. The summed E-state index contributed by atoms with van der Waals surface area (Å²) in [5.41, 5.74) is -0.301. The van der Waals surface area contributed by atoms with Crippen LogP contribution in [0.15, 0.2) is 12.1 Å². The van der Waals surface area contributed by atoms with Crippen molar-refractivity contribution in [2.75, 3.05) is 5.33 Å². The second-order valence-corrected chi connectivity index (χ2v) is 4.25. The van der Waals surface area contributed by atoms with Crippen molar-refractivity contribution in [2.45, 2.75) is 18.6 Å². The van der Waals surface area contributed by atoms with Gasteiger partial charge in [-0.05, 0) is 18.6 Å². The first-order valence-electron chi connectivity index (χ1n) is 4.82. The van der Waals surface area contributed by atoms with Crippen LogP contribution in [0.3, 0.4) is 0 Å². The molecule has 1 rings (SSSR count). The first kappa shape index (κ1) is 14.0. The molecule has 92 valence electrons. The second kappa shape index (κ2) is 6.05. The van der Waals surface area contributed by atoms with Gasteiger partial charge in [0.2, 0.25) is 0 Å². The third-order valence-electron chi connectivity index (χ3n) is 2.30. The first-order chi connectivity index (χ1) is 8.01. The van der Waals surface area contributed by atoms with Crippen molar-refractivity contribution < 1.29 is 19.0 Å². The Morgan fingerprint density at radius 3 is 2.41 bits per heavy atom. The number of nitrogens with zero attached hydrogens (tertiary/aromatic N) is 1. The van der Waals surface area contributed by atoms with Gasteiger partial charge in [0.15, 0.2) is 11.6 Å². The van der Waals surface area contributed by atoms with Crippen LogP contribution in [0.5, 0.6) is 0 Å². The molecule has 2 N–H and O–H groups in total. The van der Waals surface area contributed by atoms with Crippen LogP contribution >= 0.6 is 15.9 Å². The average Bonchev–Trinajstić information content (AvgIpc) is 2.31. The molecule has 0 amide bonds. The minimum Gasteiger partial charge on any atom is -0.390 e. The van der Waals surface area contributed by atoms with Gasteiger partial charge in [-0.2, -0.15) is 5.26 Å². The first-order valence-corrected chi connectivity index (χ1v) is 5.94. The molecule has 17 heavy (non-hydrogen) atoms. The van der Waals surface area contributed by atoms with Crippen LogP contribution < -0.4 is 0 Å². The Labute approximate surface area is 105 Å². The molecular weight excluding hydrogens is 296 g/mol. The maximum Gasteiger partial charge on any atom is 0.160 e. The molecule has 0 fully saturated rings. The number of nitriles is 1. The zero-order valence-corrected chi connectivity index (χ0v) is 10.3. The summed E-state index contributed by atoms with van der Waals surface area (Å²) >= 11 is 3.08.